The lowest BCUT2D eigenvalue weighted by molar-refractivity contribution is -0.131. The summed E-state index contributed by atoms with van der Waals surface area (Å²) in [5, 5.41) is 0. The zero-order chi connectivity index (χ0) is 24.8. The topological polar surface area (TPSA) is 61.8 Å². The van der Waals surface area contributed by atoms with Crippen molar-refractivity contribution >= 4 is 11.9 Å². The van der Waals surface area contributed by atoms with E-state index in [-0.39, 0.29) is 11.8 Å². The molecule has 37 heavy (non-hydrogen) atoms. The number of hydrogen-bond donors (Lipinski definition) is 0. The van der Waals surface area contributed by atoms with Gasteiger partial charge in [-0.1, -0.05) is 42.8 Å². The Morgan fingerprint density at radius 3 is 2.19 bits per heavy atom. The molecular formula is C30H33N5O2. The SMILES string of the molecule is O=C(C1c2ccccc2Oc2ccccc21)N1CCc2cnc(N3CCN(C4CCC4)CC3)nc2CC1. The first kappa shape index (κ1) is 22.7. The van der Waals surface area contributed by atoms with Gasteiger partial charge in [0.2, 0.25) is 11.9 Å². The predicted molar refractivity (Wildman–Crippen MR) is 142 cm³/mol. The van der Waals surface area contributed by atoms with Gasteiger partial charge in [0.1, 0.15) is 11.5 Å². The monoisotopic (exact) mass is 495 g/mol. The van der Waals surface area contributed by atoms with Crippen LogP contribution in [0.1, 0.15) is 47.6 Å². The van der Waals surface area contributed by atoms with E-state index in [1.807, 2.05) is 59.6 Å². The summed E-state index contributed by atoms with van der Waals surface area (Å²) in [6, 6.07) is 16.6. The number of ether oxygens (including phenoxy) is 1. The Morgan fingerprint density at radius 1 is 0.838 bits per heavy atom. The van der Waals surface area contributed by atoms with Crippen LogP contribution in [-0.4, -0.2) is 71.0 Å². The highest BCUT2D eigenvalue weighted by Crippen LogP contribution is 2.44. The first-order valence-corrected chi connectivity index (χ1v) is 13.7. The number of carbonyl (C=O) groups excluding carboxylic acids is 1. The van der Waals surface area contributed by atoms with E-state index in [4.69, 9.17) is 14.7 Å². The van der Waals surface area contributed by atoms with E-state index < -0.39 is 0 Å². The maximum atomic E-state index is 14.0. The number of benzene rings is 2. The fraction of sp³-hybridized carbons (Fsp3) is 0.433. The molecule has 1 aliphatic carbocycles. The third-order valence-corrected chi connectivity index (χ3v) is 8.64. The summed E-state index contributed by atoms with van der Waals surface area (Å²) in [6.45, 7) is 5.52. The van der Waals surface area contributed by atoms with Crippen molar-refractivity contribution in [2.45, 2.75) is 44.1 Å². The maximum Gasteiger partial charge on any atom is 0.234 e. The lowest BCUT2D eigenvalue weighted by Gasteiger charge is -2.43. The first-order chi connectivity index (χ1) is 18.2. The molecule has 1 amide bonds. The second kappa shape index (κ2) is 9.45. The van der Waals surface area contributed by atoms with Crippen LogP contribution in [0.25, 0.3) is 0 Å². The minimum Gasteiger partial charge on any atom is -0.457 e. The highest BCUT2D eigenvalue weighted by molar-refractivity contribution is 5.89. The summed E-state index contributed by atoms with van der Waals surface area (Å²) in [7, 11) is 0. The fourth-order valence-electron chi connectivity index (χ4n) is 6.24. The summed E-state index contributed by atoms with van der Waals surface area (Å²) >= 11 is 0. The Balaban J connectivity index is 1.08. The zero-order valence-corrected chi connectivity index (χ0v) is 21.2. The summed E-state index contributed by atoms with van der Waals surface area (Å²) in [5.74, 6) is 2.17. The Kier molecular flexibility index (Phi) is 5.80. The molecule has 4 heterocycles. The standard InChI is InChI=1S/C30H33N5O2/c36-29(28-23-8-1-3-10-26(23)37-27-11-4-2-9-24(27)28)34-14-12-21-20-31-30(32-25(21)13-15-34)35-18-16-33(17-19-35)22-6-5-7-22/h1-4,8-11,20,22,28H,5-7,12-19H2. The van der Waals surface area contributed by atoms with E-state index in [9.17, 15) is 4.79 Å². The average Bonchev–Trinajstić information content (AvgIpc) is 3.13. The second-order valence-corrected chi connectivity index (χ2v) is 10.7. The number of para-hydroxylation sites is 2. The third kappa shape index (κ3) is 4.15. The van der Waals surface area contributed by atoms with E-state index in [1.165, 1.54) is 24.8 Å². The molecule has 0 N–H and O–H groups in total. The minimum atomic E-state index is -0.351. The van der Waals surface area contributed by atoms with Crippen LogP contribution in [0.3, 0.4) is 0 Å². The number of aromatic nitrogens is 2. The van der Waals surface area contributed by atoms with Crippen LogP contribution in [0.15, 0.2) is 54.7 Å². The lowest BCUT2D eigenvalue weighted by atomic mass is 9.86. The van der Waals surface area contributed by atoms with Crippen molar-refractivity contribution in [1.29, 1.82) is 0 Å². The van der Waals surface area contributed by atoms with Crippen LogP contribution in [0.2, 0.25) is 0 Å². The van der Waals surface area contributed by atoms with Gasteiger partial charge in [0.05, 0.1) is 11.6 Å². The Hall–Kier alpha value is -3.45. The first-order valence-electron chi connectivity index (χ1n) is 13.7. The quantitative estimate of drug-likeness (QED) is 0.547. The van der Waals surface area contributed by atoms with Crippen LogP contribution >= 0.6 is 0 Å². The highest BCUT2D eigenvalue weighted by atomic mass is 16.5. The molecule has 0 atom stereocenters. The molecule has 0 unspecified atom stereocenters. The zero-order valence-electron chi connectivity index (χ0n) is 21.2. The van der Waals surface area contributed by atoms with Crippen LogP contribution in [-0.2, 0) is 17.6 Å². The summed E-state index contributed by atoms with van der Waals surface area (Å²) in [6.07, 6.45) is 7.63. The molecule has 2 fully saturated rings. The van der Waals surface area contributed by atoms with E-state index in [1.54, 1.807) is 0 Å². The van der Waals surface area contributed by atoms with E-state index in [0.717, 1.165) is 79.3 Å². The van der Waals surface area contributed by atoms with Crippen molar-refractivity contribution in [3.8, 4) is 11.5 Å². The van der Waals surface area contributed by atoms with Crippen LogP contribution in [0.4, 0.5) is 5.95 Å². The van der Waals surface area contributed by atoms with Gasteiger partial charge in [-0.25, -0.2) is 9.97 Å². The van der Waals surface area contributed by atoms with Gasteiger partial charge in [-0.05, 0) is 37.0 Å². The number of rotatable bonds is 3. The molecule has 1 aromatic heterocycles. The molecule has 3 aliphatic heterocycles. The van der Waals surface area contributed by atoms with Crippen LogP contribution in [0.5, 0.6) is 11.5 Å². The normalized spacial score (nSPS) is 20.2. The average molecular weight is 496 g/mol. The fourth-order valence-corrected chi connectivity index (χ4v) is 6.24. The van der Waals surface area contributed by atoms with Crippen molar-refractivity contribution in [2.75, 3.05) is 44.2 Å². The number of fused-ring (bicyclic) bond motifs is 3. The summed E-state index contributed by atoms with van der Waals surface area (Å²) < 4.78 is 6.12. The summed E-state index contributed by atoms with van der Waals surface area (Å²) in [4.78, 5) is 30.8. The number of amides is 1. The van der Waals surface area contributed by atoms with Gasteiger partial charge in [-0.2, -0.15) is 0 Å². The van der Waals surface area contributed by atoms with Gasteiger partial charge < -0.3 is 14.5 Å². The number of nitrogens with zero attached hydrogens (tertiary/aromatic N) is 5. The van der Waals surface area contributed by atoms with E-state index in [0.29, 0.717) is 13.1 Å². The molecular weight excluding hydrogens is 462 g/mol. The smallest absolute Gasteiger partial charge is 0.234 e. The van der Waals surface area contributed by atoms with Crippen LogP contribution in [0, 0.1) is 0 Å². The van der Waals surface area contributed by atoms with Crippen molar-refractivity contribution in [2.24, 2.45) is 0 Å². The van der Waals surface area contributed by atoms with Crippen molar-refractivity contribution in [3.63, 3.8) is 0 Å². The van der Waals surface area contributed by atoms with Gasteiger partial charge in [0.25, 0.3) is 0 Å². The molecule has 7 rings (SSSR count). The Morgan fingerprint density at radius 2 is 1.51 bits per heavy atom. The lowest BCUT2D eigenvalue weighted by Crippen LogP contribution is -2.52. The molecule has 2 aromatic carbocycles. The largest absolute Gasteiger partial charge is 0.457 e. The molecule has 3 aromatic rings. The highest BCUT2D eigenvalue weighted by Gasteiger charge is 2.36. The van der Waals surface area contributed by atoms with E-state index >= 15 is 0 Å². The molecule has 190 valence electrons. The van der Waals surface area contributed by atoms with Gasteiger partial charge in [0, 0.05) is 69.1 Å². The predicted octanol–water partition coefficient (Wildman–Crippen LogP) is 4.02. The molecule has 1 saturated carbocycles. The Bertz CT molecular complexity index is 1270. The summed E-state index contributed by atoms with van der Waals surface area (Å²) in [5.41, 5.74) is 4.14. The van der Waals surface area contributed by atoms with Crippen molar-refractivity contribution in [3.05, 3.63) is 77.1 Å². The molecule has 0 bridgehead atoms. The molecule has 4 aliphatic rings. The maximum absolute atomic E-state index is 14.0. The third-order valence-electron chi connectivity index (χ3n) is 8.64. The number of carbonyl (C=O) groups is 1. The van der Waals surface area contributed by atoms with Gasteiger partial charge in [-0.15, -0.1) is 0 Å². The number of anilines is 1. The number of piperazine rings is 1. The van der Waals surface area contributed by atoms with Gasteiger partial charge >= 0.3 is 0 Å². The molecule has 7 nitrogen and oxygen atoms in total. The minimum absolute atomic E-state index is 0.135. The molecule has 7 heteroatoms. The molecule has 0 spiro atoms. The van der Waals surface area contributed by atoms with Gasteiger partial charge in [0.15, 0.2) is 0 Å². The second-order valence-electron chi connectivity index (χ2n) is 10.7. The van der Waals surface area contributed by atoms with Gasteiger partial charge in [-0.3, -0.25) is 9.69 Å². The van der Waals surface area contributed by atoms with Crippen LogP contribution < -0.4 is 9.64 Å². The van der Waals surface area contributed by atoms with E-state index in [2.05, 4.69) is 9.80 Å². The number of hydrogen-bond acceptors (Lipinski definition) is 6. The molecule has 1 saturated heterocycles. The van der Waals surface area contributed by atoms with Crippen molar-refractivity contribution in [1.82, 2.24) is 19.8 Å². The van der Waals surface area contributed by atoms with Crippen molar-refractivity contribution < 1.29 is 9.53 Å². The molecule has 0 radical (unpaired) electrons. The Labute approximate surface area is 218 Å².